The van der Waals surface area contributed by atoms with Gasteiger partial charge in [-0.2, -0.15) is 4.37 Å². The molecule has 2 aromatic rings. The Morgan fingerprint density at radius 2 is 1.96 bits per heavy atom. The van der Waals surface area contributed by atoms with E-state index in [1.165, 1.54) is 10.1 Å². The molecule has 2 heterocycles. The van der Waals surface area contributed by atoms with Gasteiger partial charge in [-0.05, 0) is 49.0 Å². The van der Waals surface area contributed by atoms with E-state index in [2.05, 4.69) is 47.9 Å². The van der Waals surface area contributed by atoms with Gasteiger partial charge in [-0.3, -0.25) is 9.69 Å². The van der Waals surface area contributed by atoms with Crippen molar-refractivity contribution in [2.75, 3.05) is 51.2 Å². The molecule has 1 aliphatic heterocycles. The molecule has 1 aliphatic rings. The lowest BCUT2D eigenvalue weighted by Crippen LogP contribution is -2.46. The van der Waals surface area contributed by atoms with Crippen molar-refractivity contribution >= 4 is 33.3 Å². The van der Waals surface area contributed by atoms with Gasteiger partial charge in [0, 0.05) is 51.6 Å². The highest BCUT2D eigenvalue weighted by molar-refractivity contribution is 7.13. The second kappa shape index (κ2) is 10.2. The van der Waals surface area contributed by atoms with Crippen LogP contribution < -0.4 is 4.90 Å². The molecule has 28 heavy (non-hydrogen) atoms. The lowest BCUT2D eigenvalue weighted by Gasteiger charge is -2.35. The topological polar surface area (TPSA) is 39.7 Å². The van der Waals surface area contributed by atoms with Crippen molar-refractivity contribution in [2.45, 2.75) is 39.5 Å². The van der Waals surface area contributed by atoms with Crippen molar-refractivity contribution in [3.8, 4) is 0 Å². The maximum atomic E-state index is 12.2. The Morgan fingerprint density at radius 3 is 2.71 bits per heavy atom. The van der Waals surface area contributed by atoms with E-state index < -0.39 is 0 Å². The van der Waals surface area contributed by atoms with Gasteiger partial charge in [0.05, 0.1) is 4.70 Å². The molecule has 0 spiro atoms. The van der Waals surface area contributed by atoms with E-state index in [0.717, 1.165) is 64.3 Å². The average Bonchev–Trinajstić information content (AvgIpc) is 3.15. The number of carbonyl (C=O) groups is 1. The molecule has 1 aromatic carbocycles. The summed E-state index contributed by atoms with van der Waals surface area (Å²) in [6, 6.07) is 8.51. The van der Waals surface area contributed by atoms with Crippen LogP contribution in [0, 0.1) is 5.92 Å². The fraction of sp³-hybridized carbons (Fsp3) is 0.636. The molecule has 1 amide bonds. The van der Waals surface area contributed by atoms with Crippen molar-refractivity contribution in [3.63, 3.8) is 0 Å². The van der Waals surface area contributed by atoms with E-state index in [1.54, 1.807) is 11.5 Å². The third-order valence-corrected chi connectivity index (χ3v) is 6.71. The van der Waals surface area contributed by atoms with Crippen LogP contribution in [0.1, 0.15) is 39.5 Å². The van der Waals surface area contributed by atoms with Crippen LogP contribution in [0.5, 0.6) is 0 Å². The number of nitrogens with zero attached hydrogens (tertiary/aromatic N) is 4. The Hall–Kier alpha value is -1.66. The van der Waals surface area contributed by atoms with Gasteiger partial charge in [-0.25, -0.2) is 0 Å². The first-order valence-corrected chi connectivity index (χ1v) is 11.4. The lowest BCUT2D eigenvalue weighted by atomic mass is 10.0. The predicted molar refractivity (Wildman–Crippen MR) is 119 cm³/mol. The minimum absolute atomic E-state index is 0.290. The van der Waals surface area contributed by atoms with Crippen LogP contribution in [0.15, 0.2) is 24.3 Å². The van der Waals surface area contributed by atoms with Gasteiger partial charge in [0.15, 0.2) is 0 Å². The van der Waals surface area contributed by atoms with Gasteiger partial charge in [0.1, 0.15) is 5.82 Å². The van der Waals surface area contributed by atoms with Crippen LogP contribution in [0.3, 0.4) is 0 Å². The first-order chi connectivity index (χ1) is 13.6. The minimum Gasteiger partial charge on any atom is -0.353 e. The number of rotatable bonds is 9. The molecule has 1 atom stereocenters. The highest BCUT2D eigenvalue weighted by Crippen LogP contribution is 2.29. The van der Waals surface area contributed by atoms with Gasteiger partial charge in [0.25, 0.3) is 0 Å². The number of aromatic nitrogens is 1. The number of benzene rings is 1. The Bertz CT molecular complexity index is 754. The number of hydrogen-bond acceptors (Lipinski definition) is 5. The standard InChI is InChI=1S/C22H34N4OS/c1-4-18(2)17-21(27)24(3)11-7-8-12-25-13-15-26(16-14-25)22-19-9-5-6-10-20(19)28-23-22/h5-6,9-10,18H,4,7-8,11-17H2,1-3H3. The summed E-state index contributed by atoms with van der Waals surface area (Å²) in [5, 5.41) is 1.28. The Morgan fingerprint density at radius 1 is 1.21 bits per heavy atom. The number of carbonyl (C=O) groups excluding carboxylic acids is 1. The van der Waals surface area contributed by atoms with Gasteiger partial charge in [-0.1, -0.05) is 32.4 Å². The van der Waals surface area contributed by atoms with Crippen LogP contribution in [-0.4, -0.2) is 66.4 Å². The number of unbranched alkanes of at least 4 members (excludes halogenated alkanes) is 1. The average molecular weight is 403 g/mol. The smallest absolute Gasteiger partial charge is 0.222 e. The summed E-state index contributed by atoms with van der Waals surface area (Å²) in [6.45, 7) is 10.6. The number of amides is 1. The quantitative estimate of drug-likeness (QED) is 0.592. The molecule has 0 bridgehead atoms. The van der Waals surface area contributed by atoms with E-state index >= 15 is 0 Å². The zero-order valence-corrected chi connectivity index (χ0v) is 18.4. The molecule has 3 rings (SSSR count). The molecule has 0 aliphatic carbocycles. The van der Waals surface area contributed by atoms with Crippen molar-refractivity contribution < 1.29 is 4.79 Å². The molecule has 154 valence electrons. The Kier molecular flexibility index (Phi) is 7.68. The van der Waals surface area contributed by atoms with Crippen molar-refractivity contribution in [1.82, 2.24) is 14.2 Å². The molecular formula is C22H34N4OS. The van der Waals surface area contributed by atoms with Crippen LogP contribution in [-0.2, 0) is 4.79 Å². The van der Waals surface area contributed by atoms with E-state index in [0.29, 0.717) is 18.2 Å². The third kappa shape index (κ3) is 5.45. The molecule has 6 heteroatoms. The zero-order chi connectivity index (χ0) is 19.9. The summed E-state index contributed by atoms with van der Waals surface area (Å²) in [7, 11) is 1.95. The molecule has 0 N–H and O–H groups in total. The number of anilines is 1. The summed E-state index contributed by atoms with van der Waals surface area (Å²) in [4.78, 5) is 19.0. The zero-order valence-electron chi connectivity index (χ0n) is 17.6. The van der Waals surface area contributed by atoms with Gasteiger partial charge in [0.2, 0.25) is 5.91 Å². The van der Waals surface area contributed by atoms with Crippen molar-refractivity contribution in [2.24, 2.45) is 5.92 Å². The summed E-state index contributed by atoms with van der Waals surface area (Å²) in [6.07, 6.45) is 3.99. The number of piperazine rings is 1. The van der Waals surface area contributed by atoms with Gasteiger partial charge in [-0.15, -0.1) is 0 Å². The summed E-state index contributed by atoms with van der Waals surface area (Å²) in [5.41, 5.74) is 0. The monoisotopic (exact) mass is 402 g/mol. The molecular weight excluding hydrogens is 368 g/mol. The van der Waals surface area contributed by atoms with E-state index in [-0.39, 0.29) is 0 Å². The van der Waals surface area contributed by atoms with Crippen LogP contribution >= 0.6 is 11.5 Å². The second-order valence-electron chi connectivity index (χ2n) is 8.07. The first kappa shape index (κ1) is 21.1. The van der Waals surface area contributed by atoms with Crippen molar-refractivity contribution in [3.05, 3.63) is 24.3 Å². The molecule has 1 aromatic heterocycles. The summed E-state index contributed by atoms with van der Waals surface area (Å²) in [5.74, 6) is 1.93. The highest BCUT2D eigenvalue weighted by Gasteiger charge is 2.20. The second-order valence-corrected chi connectivity index (χ2v) is 8.88. The Labute approximate surface area is 173 Å². The number of hydrogen-bond donors (Lipinski definition) is 0. The molecule has 5 nitrogen and oxygen atoms in total. The fourth-order valence-corrected chi connectivity index (χ4v) is 4.49. The predicted octanol–water partition coefficient (Wildman–Crippen LogP) is 4.09. The highest BCUT2D eigenvalue weighted by atomic mass is 32.1. The maximum absolute atomic E-state index is 12.2. The molecule has 0 saturated carbocycles. The van der Waals surface area contributed by atoms with Crippen LogP contribution in [0.4, 0.5) is 5.82 Å². The SMILES string of the molecule is CCC(C)CC(=O)N(C)CCCCN1CCN(c2nsc3ccccc23)CC1. The molecule has 0 radical (unpaired) electrons. The number of fused-ring (bicyclic) bond motifs is 1. The summed E-state index contributed by atoms with van der Waals surface area (Å²) >= 11 is 1.60. The normalized spacial score (nSPS) is 16.5. The van der Waals surface area contributed by atoms with Crippen LogP contribution in [0.25, 0.3) is 10.1 Å². The van der Waals surface area contributed by atoms with Gasteiger partial charge >= 0.3 is 0 Å². The first-order valence-electron chi connectivity index (χ1n) is 10.6. The van der Waals surface area contributed by atoms with E-state index in [9.17, 15) is 4.79 Å². The maximum Gasteiger partial charge on any atom is 0.222 e. The largest absolute Gasteiger partial charge is 0.353 e. The molecule has 1 unspecified atom stereocenters. The van der Waals surface area contributed by atoms with Crippen molar-refractivity contribution in [1.29, 1.82) is 0 Å². The molecule has 1 fully saturated rings. The van der Waals surface area contributed by atoms with E-state index in [1.807, 2.05) is 11.9 Å². The summed E-state index contributed by atoms with van der Waals surface area (Å²) < 4.78 is 5.96. The third-order valence-electron chi connectivity index (χ3n) is 5.89. The minimum atomic E-state index is 0.290. The fourth-order valence-electron chi connectivity index (χ4n) is 3.69. The van der Waals surface area contributed by atoms with Crippen LogP contribution in [0.2, 0.25) is 0 Å². The Balaban J connectivity index is 1.35. The lowest BCUT2D eigenvalue weighted by molar-refractivity contribution is -0.130. The van der Waals surface area contributed by atoms with Gasteiger partial charge < -0.3 is 9.80 Å². The molecule has 1 saturated heterocycles. The van der Waals surface area contributed by atoms with E-state index in [4.69, 9.17) is 4.37 Å².